The number of halogens is 1. The Labute approximate surface area is 104 Å². The highest BCUT2D eigenvalue weighted by atomic mass is 79.9. The normalized spacial score (nSPS) is 24.6. The summed E-state index contributed by atoms with van der Waals surface area (Å²) in [5.74, 6) is 0.920. The van der Waals surface area contributed by atoms with Gasteiger partial charge in [-0.3, -0.25) is 4.90 Å². The lowest BCUT2D eigenvalue weighted by molar-refractivity contribution is -0.0250. The van der Waals surface area contributed by atoms with Crippen LogP contribution >= 0.6 is 15.9 Å². The quantitative estimate of drug-likeness (QED) is 0.921. The Hall–Kier alpha value is -0.360. The molecule has 0 saturated carbocycles. The average molecular weight is 289 g/mol. The number of nitrogens with two attached hydrogens (primary N) is 1. The second kappa shape index (κ2) is 5.31. The fourth-order valence-corrected chi connectivity index (χ4v) is 2.44. The lowest BCUT2D eigenvalue weighted by atomic mass is 10.1. The maximum atomic E-state index is 5.85. The minimum Gasteiger partial charge on any atom is -0.453 e. The molecule has 0 amide bonds. The zero-order valence-corrected chi connectivity index (χ0v) is 10.9. The van der Waals surface area contributed by atoms with E-state index in [1.165, 1.54) is 0 Å². The highest BCUT2D eigenvalue weighted by molar-refractivity contribution is 9.10. The van der Waals surface area contributed by atoms with E-state index < -0.39 is 0 Å². The molecule has 0 radical (unpaired) electrons. The molecule has 90 valence electrons. The smallest absolute Gasteiger partial charge is 0.169 e. The van der Waals surface area contributed by atoms with Crippen molar-refractivity contribution in [3.8, 4) is 0 Å². The fourth-order valence-electron chi connectivity index (χ4n) is 2.13. The number of furan rings is 1. The molecule has 1 aromatic heterocycles. The highest BCUT2D eigenvalue weighted by Crippen LogP contribution is 2.27. The zero-order valence-electron chi connectivity index (χ0n) is 9.36. The number of rotatable bonds is 3. The predicted molar refractivity (Wildman–Crippen MR) is 65.2 cm³/mol. The van der Waals surface area contributed by atoms with Gasteiger partial charge in [-0.2, -0.15) is 0 Å². The third-order valence-corrected chi connectivity index (χ3v) is 3.39. The van der Waals surface area contributed by atoms with Crippen LogP contribution in [0.3, 0.4) is 0 Å². The summed E-state index contributed by atoms with van der Waals surface area (Å²) < 4.78 is 11.8. The average Bonchev–Trinajstić information content (AvgIpc) is 2.69. The summed E-state index contributed by atoms with van der Waals surface area (Å²) in [6.07, 6.45) is 0. The van der Waals surface area contributed by atoms with Crippen molar-refractivity contribution >= 4 is 15.9 Å². The molecule has 0 aromatic carbocycles. The molecule has 1 aliphatic heterocycles. The van der Waals surface area contributed by atoms with Gasteiger partial charge >= 0.3 is 0 Å². The molecule has 2 rings (SSSR count). The van der Waals surface area contributed by atoms with Crippen LogP contribution < -0.4 is 5.73 Å². The third kappa shape index (κ3) is 2.48. The van der Waals surface area contributed by atoms with Crippen molar-refractivity contribution in [3.05, 3.63) is 22.6 Å². The molecule has 1 aliphatic rings. The van der Waals surface area contributed by atoms with E-state index in [1.807, 2.05) is 12.1 Å². The minimum atomic E-state index is 0.144. The van der Waals surface area contributed by atoms with E-state index in [0.717, 1.165) is 30.2 Å². The zero-order chi connectivity index (χ0) is 11.5. The molecule has 2 unspecified atom stereocenters. The van der Waals surface area contributed by atoms with Crippen LogP contribution in [0.15, 0.2) is 21.2 Å². The Bertz CT molecular complexity index is 342. The Morgan fingerprint density at radius 3 is 3.00 bits per heavy atom. The Balaban J connectivity index is 2.14. The summed E-state index contributed by atoms with van der Waals surface area (Å²) in [7, 11) is 0. The van der Waals surface area contributed by atoms with Gasteiger partial charge in [0.05, 0.1) is 19.3 Å². The molecule has 16 heavy (non-hydrogen) atoms. The molecule has 0 bridgehead atoms. The van der Waals surface area contributed by atoms with Gasteiger partial charge in [0.2, 0.25) is 0 Å². The lowest BCUT2D eigenvalue weighted by Gasteiger charge is -2.37. The summed E-state index contributed by atoms with van der Waals surface area (Å²) in [5, 5.41) is 0. The van der Waals surface area contributed by atoms with E-state index in [1.54, 1.807) is 0 Å². The monoisotopic (exact) mass is 288 g/mol. The van der Waals surface area contributed by atoms with E-state index in [2.05, 4.69) is 27.8 Å². The molecule has 4 nitrogen and oxygen atoms in total. The molecular weight excluding hydrogens is 272 g/mol. The number of ether oxygens (including phenoxy) is 1. The maximum Gasteiger partial charge on any atom is 0.169 e. The van der Waals surface area contributed by atoms with Gasteiger partial charge in [0.1, 0.15) is 5.76 Å². The van der Waals surface area contributed by atoms with E-state index >= 15 is 0 Å². The molecule has 0 spiro atoms. The Morgan fingerprint density at radius 2 is 2.44 bits per heavy atom. The van der Waals surface area contributed by atoms with Gasteiger partial charge in [0.25, 0.3) is 0 Å². The fraction of sp³-hybridized carbons (Fsp3) is 0.636. The van der Waals surface area contributed by atoms with Crippen molar-refractivity contribution in [1.82, 2.24) is 4.90 Å². The summed E-state index contributed by atoms with van der Waals surface area (Å²) >= 11 is 3.32. The van der Waals surface area contributed by atoms with Crippen LogP contribution in [0.5, 0.6) is 0 Å². The predicted octanol–water partition coefficient (Wildman–Crippen LogP) is 1.76. The topological polar surface area (TPSA) is 51.6 Å². The second-order valence-electron chi connectivity index (χ2n) is 4.06. The Morgan fingerprint density at radius 1 is 1.62 bits per heavy atom. The molecule has 1 aromatic rings. The summed E-state index contributed by atoms with van der Waals surface area (Å²) in [6, 6.07) is 4.41. The number of hydrogen-bond donors (Lipinski definition) is 1. The van der Waals surface area contributed by atoms with Crippen molar-refractivity contribution in [1.29, 1.82) is 0 Å². The van der Waals surface area contributed by atoms with E-state index in [0.29, 0.717) is 12.6 Å². The molecule has 1 fully saturated rings. The largest absolute Gasteiger partial charge is 0.453 e. The summed E-state index contributed by atoms with van der Waals surface area (Å²) in [6.45, 7) is 5.15. The SMILES string of the molecule is CC1COCCN1C(CN)c1ccc(Br)o1. The van der Waals surface area contributed by atoms with Crippen LogP contribution in [-0.4, -0.2) is 37.2 Å². The molecule has 0 aliphatic carbocycles. The lowest BCUT2D eigenvalue weighted by Crippen LogP contribution is -2.47. The van der Waals surface area contributed by atoms with Crippen molar-refractivity contribution in [3.63, 3.8) is 0 Å². The summed E-state index contributed by atoms with van der Waals surface area (Å²) in [5.41, 5.74) is 5.85. The van der Waals surface area contributed by atoms with Gasteiger partial charge in [-0.15, -0.1) is 0 Å². The first-order valence-corrected chi connectivity index (χ1v) is 6.30. The van der Waals surface area contributed by atoms with Gasteiger partial charge in [-0.05, 0) is 35.0 Å². The molecule has 5 heteroatoms. The van der Waals surface area contributed by atoms with Crippen molar-refractivity contribution in [2.45, 2.75) is 19.0 Å². The first-order valence-electron chi connectivity index (χ1n) is 5.51. The molecule has 1 saturated heterocycles. The molecular formula is C11H17BrN2O2. The molecule has 2 N–H and O–H groups in total. The van der Waals surface area contributed by atoms with E-state index in [4.69, 9.17) is 14.9 Å². The van der Waals surface area contributed by atoms with Gasteiger partial charge < -0.3 is 14.9 Å². The molecule has 2 heterocycles. The number of nitrogens with zero attached hydrogens (tertiary/aromatic N) is 1. The second-order valence-corrected chi connectivity index (χ2v) is 4.84. The first kappa shape index (κ1) is 12.1. The van der Waals surface area contributed by atoms with Crippen LogP contribution in [0.4, 0.5) is 0 Å². The van der Waals surface area contributed by atoms with Crippen LogP contribution in [0.25, 0.3) is 0 Å². The summed E-state index contributed by atoms with van der Waals surface area (Å²) in [4.78, 5) is 2.34. The number of hydrogen-bond acceptors (Lipinski definition) is 4. The van der Waals surface area contributed by atoms with Gasteiger partial charge in [-0.25, -0.2) is 0 Å². The number of morpholine rings is 1. The van der Waals surface area contributed by atoms with Gasteiger partial charge in [-0.1, -0.05) is 0 Å². The van der Waals surface area contributed by atoms with Crippen LogP contribution in [0, 0.1) is 0 Å². The molecule has 2 atom stereocenters. The van der Waals surface area contributed by atoms with Crippen LogP contribution in [0.2, 0.25) is 0 Å². The van der Waals surface area contributed by atoms with Crippen LogP contribution in [0.1, 0.15) is 18.7 Å². The minimum absolute atomic E-state index is 0.144. The van der Waals surface area contributed by atoms with Gasteiger partial charge in [0, 0.05) is 19.1 Å². The van der Waals surface area contributed by atoms with Crippen molar-refractivity contribution in [2.24, 2.45) is 5.73 Å². The standard InChI is InChI=1S/C11H17BrN2O2/c1-8-7-15-5-4-14(8)9(6-13)10-2-3-11(12)16-10/h2-3,8-9H,4-7,13H2,1H3. The third-order valence-electron chi connectivity index (χ3n) is 2.97. The van der Waals surface area contributed by atoms with Crippen LogP contribution in [-0.2, 0) is 4.74 Å². The Kier molecular flexibility index (Phi) is 4.02. The van der Waals surface area contributed by atoms with E-state index in [9.17, 15) is 0 Å². The van der Waals surface area contributed by atoms with Crippen molar-refractivity contribution in [2.75, 3.05) is 26.3 Å². The highest BCUT2D eigenvalue weighted by Gasteiger charge is 2.28. The van der Waals surface area contributed by atoms with E-state index in [-0.39, 0.29) is 6.04 Å². The maximum absolute atomic E-state index is 5.85. The first-order chi connectivity index (χ1) is 7.72. The van der Waals surface area contributed by atoms with Crippen molar-refractivity contribution < 1.29 is 9.15 Å². The van der Waals surface area contributed by atoms with Gasteiger partial charge in [0.15, 0.2) is 4.67 Å².